The summed E-state index contributed by atoms with van der Waals surface area (Å²) in [5, 5.41) is 0.748. The summed E-state index contributed by atoms with van der Waals surface area (Å²) in [7, 11) is 3.66. The molecule has 3 aromatic rings. The molecule has 5 heteroatoms. The Morgan fingerprint density at radius 1 is 1.23 bits per heavy atom. The van der Waals surface area contributed by atoms with Gasteiger partial charge in [-0.2, -0.15) is 0 Å². The van der Waals surface area contributed by atoms with Gasteiger partial charge >= 0.3 is 0 Å². The number of aromatic nitrogens is 2. The number of aryl methyl sites for hydroxylation is 2. The zero-order valence-electron chi connectivity index (χ0n) is 12.8. The summed E-state index contributed by atoms with van der Waals surface area (Å²) in [4.78, 5) is 5.69. The van der Waals surface area contributed by atoms with Gasteiger partial charge in [0.1, 0.15) is 11.6 Å². The van der Waals surface area contributed by atoms with Crippen molar-refractivity contribution in [1.82, 2.24) is 9.55 Å². The van der Waals surface area contributed by atoms with E-state index in [1.165, 1.54) is 5.56 Å². The summed E-state index contributed by atoms with van der Waals surface area (Å²) >= 11 is 8.17. The van der Waals surface area contributed by atoms with Gasteiger partial charge in [-0.15, -0.1) is 11.8 Å². The number of thioether (sulfide) groups is 1. The highest BCUT2D eigenvalue weighted by molar-refractivity contribution is 7.98. The van der Waals surface area contributed by atoms with Gasteiger partial charge in [-0.25, -0.2) is 4.98 Å². The van der Waals surface area contributed by atoms with Crippen LogP contribution < -0.4 is 4.74 Å². The molecule has 3 rings (SSSR count). The molecule has 0 bridgehead atoms. The van der Waals surface area contributed by atoms with Gasteiger partial charge in [0.15, 0.2) is 0 Å². The molecule has 2 aromatic carbocycles. The highest BCUT2D eigenvalue weighted by atomic mass is 35.5. The van der Waals surface area contributed by atoms with Gasteiger partial charge in [-0.3, -0.25) is 0 Å². The van der Waals surface area contributed by atoms with Gasteiger partial charge < -0.3 is 9.30 Å². The summed E-state index contributed by atoms with van der Waals surface area (Å²) < 4.78 is 7.20. The molecule has 0 spiro atoms. The van der Waals surface area contributed by atoms with Crippen molar-refractivity contribution in [1.29, 1.82) is 0 Å². The molecule has 1 aromatic heterocycles. The molecule has 0 radical (unpaired) electrons. The molecular weight excluding hydrogens is 316 g/mol. The molecule has 0 fully saturated rings. The Hall–Kier alpha value is -1.65. The van der Waals surface area contributed by atoms with Crippen molar-refractivity contribution in [2.24, 2.45) is 7.05 Å². The first-order valence-electron chi connectivity index (χ1n) is 6.97. The fourth-order valence-electron chi connectivity index (χ4n) is 2.36. The van der Waals surface area contributed by atoms with Crippen molar-refractivity contribution in [3.8, 4) is 5.75 Å². The van der Waals surface area contributed by atoms with Crippen LogP contribution >= 0.6 is 23.4 Å². The number of hydrogen-bond donors (Lipinski definition) is 0. The number of ether oxygens (including phenoxy) is 1. The van der Waals surface area contributed by atoms with Crippen molar-refractivity contribution >= 4 is 34.4 Å². The van der Waals surface area contributed by atoms with E-state index < -0.39 is 0 Å². The zero-order valence-corrected chi connectivity index (χ0v) is 14.3. The Kier molecular flexibility index (Phi) is 4.32. The molecule has 0 N–H and O–H groups in total. The van der Waals surface area contributed by atoms with Crippen LogP contribution in [0.25, 0.3) is 11.0 Å². The van der Waals surface area contributed by atoms with Crippen LogP contribution in [0, 0.1) is 6.92 Å². The second kappa shape index (κ2) is 6.23. The molecule has 3 nitrogen and oxygen atoms in total. The molecule has 0 aliphatic rings. The minimum absolute atomic E-state index is 0.748. The fraction of sp³-hybridized carbons (Fsp3) is 0.235. The summed E-state index contributed by atoms with van der Waals surface area (Å²) in [5.74, 6) is 2.73. The van der Waals surface area contributed by atoms with E-state index in [1.807, 2.05) is 36.7 Å². The predicted octanol–water partition coefficient (Wildman–Crippen LogP) is 4.84. The molecule has 0 atom stereocenters. The Bertz CT molecular complexity index is 812. The van der Waals surface area contributed by atoms with E-state index in [0.717, 1.165) is 38.3 Å². The van der Waals surface area contributed by atoms with E-state index in [4.69, 9.17) is 16.3 Å². The lowest BCUT2D eigenvalue weighted by Gasteiger charge is -2.06. The second-order valence-electron chi connectivity index (χ2n) is 5.13. The van der Waals surface area contributed by atoms with Crippen molar-refractivity contribution in [3.63, 3.8) is 0 Å². The van der Waals surface area contributed by atoms with Gasteiger partial charge in [-0.1, -0.05) is 23.7 Å². The number of imidazole rings is 1. The number of nitrogens with zero attached hydrogens (tertiary/aromatic N) is 2. The van der Waals surface area contributed by atoms with Crippen LogP contribution in [0.2, 0.25) is 5.02 Å². The third-order valence-electron chi connectivity index (χ3n) is 3.68. The van der Waals surface area contributed by atoms with Crippen molar-refractivity contribution in [3.05, 3.63) is 52.8 Å². The number of fused-ring (bicyclic) bond motifs is 1. The lowest BCUT2D eigenvalue weighted by molar-refractivity contribution is 0.414. The van der Waals surface area contributed by atoms with Gasteiger partial charge in [0.05, 0.1) is 23.2 Å². The van der Waals surface area contributed by atoms with Gasteiger partial charge in [-0.05, 0) is 36.8 Å². The van der Waals surface area contributed by atoms with Gasteiger partial charge in [0.2, 0.25) is 0 Å². The minimum Gasteiger partial charge on any atom is -0.497 e. The maximum absolute atomic E-state index is 6.41. The average molecular weight is 333 g/mol. The first-order chi connectivity index (χ1) is 10.6. The number of halogens is 1. The van der Waals surface area contributed by atoms with Crippen LogP contribution in [-0.4, -0.2) is 16.7 Å². The van der Waals surface area contributed by atoms with Crippen molar-refractivity contribution < 1.29 is 4.74 Å². The zero-order chi connectivity index (χ0) is 15.7. The lowest BCUT2D eigenvalue weighted by Crippen LogP contribution is -1.90. The van der Waals surface area contributed by atoms with Crippen LogP contribution in [0.5, 0.6) is 5.75 Å². The van der Waals surface area contributed by atoms with Crippen molar-refractivity contribution in [2.75, 3.05) is 7.11 Å². The van der Waals surface area contributed by atoms with E-state index in [1.54, 1.807) is 18.9 Å². The van der Waals surface area contributed by atoms with Gasteiger partial charge in [0, 0.05) is 17.7 Å². The van der Waals surface area contributed by atoms with E-state index in [0.29, 0.717) is 0 Å². The average Bonchev–Trinajstić information content (AvgIpc) is 2.81. The topological polar surface area (TPSA) is 27.1 Å². The Morgan fingerprint density at radius 3 is 2.64 bits per heavy atom. The number of rotatable bonds is 4. The lowest BCUT2D eigenvalue weighted by atomic mass is 10.2. The van der Waals surface area contributed by atoms with Crippen LogP contribution in [0.3, 0.4) is 0 Å². The number of methoxy groups -OCH3 is 1. The van der Waals surface area contributed by atoms with Crippen LogP contribution in [0.15, 0.2) is 41.3 Å². The van der Waals surface area contributed by atoms with E-state index in [-0.39, 0.29) is 0 Å². The maximum Gasteiger partial charge on any atom is 0.118 e. The van der Waals surface area contributed by atoms with Crippen LogP contribution in [0.4, 0.5) is 0 Å². The summed E-state index contributed by atoms with van der Waals surface area (Å²) in [6.45, 7) is 1.99. The summed E-state index contributed by atoms with van der Waals surface area (Å²) in [5.41, 5.74) is 3.19. The molecular formula is C17H17ClN2OS. The normalized spacial score (nSPS) is 11.1. The molecule has 0 aliphatic carbocycles. The third kappa shape index (κ3) is 2.94. The Morgan fingerprint density at radius 2 is 1.95 bits per heavy atom. The fourth-order valence-corrected chi connectivity index (χ4v) is 3.69. The first-order valence-corrected chi connectivity index (χ1v) is 8.33. The molecule has 0 saturated heterocycles. The van der Waals surface area contributed by atoms with Crippen LogP contribution in [-0.2, 0) is 12.8 Å². The standard InChI is InChI=1S/C17H17ClN2OS/c1-11-19-16-9-14(8-15(18)17(16)20(11)2)22-10-12-4-6-13(21-3)7-5-12/h4-9H,10H2,1-3H3. The van der Waals surface area contributed by atoms with E-state index in [2.05, 4.69) is 23.2 Å². The quantitative estimate of drug-likeness (QED) is 0.640. The molecule has 0 aliphatic heterocycles. The van der Waals surface area contributed by atoms with E-state index in [9.17, 15) is 0 Å². The first kappa shape index (κ1) is 15.3. The van der Waals surface area contributed by atoms with E-state index >= 15 is 0 Å². The highest BCUT2D eigenvalue weighted by Gasteiger charge is 2.10. The molecule has 1 heterocycles. The summed E-state index contributed by atoms with van der Waals surface area (Å²) in [6, 6.07) is 12.2. The Balaban J connectivity index is 1.81. The number of hydrogen-bond acceptors (Lipinski definition) is 3. The third-order valence-corrected chi connectivity index (χ3v) is 5.02. The molecule has 0 saturated carbocycles. The smallest absolute Gasteiger partial charge is 0.118 e. The maximum atomic E-state index is 6.41. The SMILES string of the molecule is COc1ccc(CSc2cc(Cl)c3c(c2)nc(C)n3C)cc1. The molecule has 114 valence electrons. The predicted molar refractivity (Wildman–Crippen MR) is 93.0 cm³/mol. The molecule has 0 amide bonds. The van der Waals surface area contributed by atoms with Gasteiger partial charge in [0.25, 0.3) is 0 Å². The monoisotopic (exact) mass is 332 g/mol. The Labute approximate surface area is 139 Å². The van der Waals surface area contributed by atoms with Crippen molar-refractivity contribution in [2.45, 2.75) is 17.6 Å². The molecule has 22 heavy (non-hydrogen) atoms. The number of benzene rings is 2. The van der Waals surface area contributed by atoms with Crippen LogP contribution in [0.1, 0.15) is 11.4 Å². The second-order valence-corrected chi connectivity index (χ2v) is 6.58. The largest absolute Gasteiger partial charge is 0.497 e. The highest BCUT2D eigenvalue weighted by Crippen LogP contribution is 2.32. The minimum atomic E-state index is 0.748. The summed E-state index contributed by atoms with van der Waals surface area (Å²) in [6.07, 6.45) is 0. The molecule has 0 unspecified atom stereocenters.